The first-order chi connectivity index (χ1) is 12.3. The van der Waals surface area contributed by atoms with Crippen LogP contribution in [0.3, 0.4) is 0 Å². The van der Waals surface area contributed by atoms with Crippen LogP contribution in [0.25, 0.3) is 0 Å². The van der Waals surface area contributed by atoms with Gasteiger partial charge in [-0.25, -0.2) is 0 Å². The van der Waals surface area contributed by atoms with Crippen LogP contribution in [-0.4, -0.2) is 29.3 Å². The highest BCUT2D eigenvalue weighted by molar-refractivity contribution is 7.79. The molecule has 0 atom stereocenters. The molecule has 0 aliphatic carbocycles. The largest absolute Gasteiger partial charge is 0.394 e. The van der Waals surface area contributed by atoms with Crippen LogP contribution in [0.1, 0.15) is 47.0 Å². The average Bonchev–Trinajstić information content (AvgIpc) is 2.89. The molecular formula is C19H29NO6S. The van der Waals surface area contributed by atoms with E-state index in [0.717, 1.165) is 12.8 Å². The molecule has 8 heteroatoms. The summed E-state index contributed by atoms with van der Waals surface area (Å²) < 4.78 is 31.6. The monoisotopic (exact) mass is 399 g/mol. The van der Waals surface area contributed by atoms with Crippen molar-refractivity contribution in [1.82, 2.24) is 5.32 Å². The predicted molar refractivity (Wildman–Crippen MR) is 107 cm³/mol. The fourth-order valence-electron chi connectivity index (χ4n) is 1.58. The second-order valence-corrected chi connectivity index (χ2v) is 6.79. The Kier molecular flexibility index (Phi) is 14.8. The molecule has 3 N–H and O–H groups in total. The predicted octanol–water partition coefficient (Wildman–Crippen LogP) is 3.75. The van der Waals surface area contributed by atoms with Crippen molar-refractivity contribution in [2.75, 3.05) is 0 Å². The molecule has 1 rings (SSSR count). The molecule has 0 radical (unpaired) electrons. The van der Waals surface area contributed by atoms with Gasteiger partial charge in [0, 0.05) is 12.2 Å². The summed E-state index contributed by atoms with van der Waals surface area (Å²) in [7, 11) is -4.67. The van der Waals surface area contributed by atoms with E-state index in [-0.39, 0.29) is 11.8 Å². The fourth-order valence-corrected chi connectivity index (χ4v) is 1.58. The van der Waals surface area contributed by atoms with Gasteiger partial charge in [0.1, 0.15) is 0 Å². The molecule has 0 bridgehead atoms. The van der Waals surface area contributed by atoms with E-state index in [1.54, 1.807) is 0 Å². The maximum Gasteiger partial charge on any atom is 0.394 e. The van der Waals surface area contributed by atoms with E-state index in [1.165, 1.54) is 35.3 Å². The lowest BCUT2D eigenvalue weighted by Crippen LogP contribution is -2.19. The van der Waals surface area contributed by atoms with Gasteiger partial charge in [-0.05, 0) is 47.0 Å². The van der Waals surface area contributed by atoms with Crippen LogP contribution in [0.5, 0.6) is 0 Å². The molecule has 0 aromatic carbocycles. The van der Waals surface area contributed by atoms with Crippen molar-refractivity contribution >= 4 is 22.2 Å². The normalized spacial score (nSPS) is 13.7. The molecular weight excluding hydrogens is 370 g/mol. The number of rotatable bonds is 6. The van der Waals surface area contributed by atoms with Gasteiger partial charge < -0.3 is 0 Å². The molecule has 152 valence electrons. The molecule has 2 amide bonds. The summed E-state index contributed by atoms with van der Waals surface area (Å²) in [6, 6.07) is 0. The topological polar surface area (TPSA) is 121 Å². The van der Waals surface area contributed by atoms with Gasteiger partial charge in [0.25, 0.3) is 11.8 Å². The van der Waals surface area contributed by atoms with Gasteiger partial charge in [-0.3, -0.25) is 24.0 Å². The van der Waals surface area contributed by atoms with Gasteiger partial charge >= 0.3 is 10.4 Å². The number of amides is 2. The quantitative estimate of drug-likeness (QED) is 0.271. The van der Waals surface area contributed by atoms with Gasteiger partial charge in [-0.2, -0.15) is 8.42 Å². The van der Waals surface area contributed by atoms with Crippen LogP contribution in [-0.2, 0) is 20.0 Å². The summed E-state index contributed by atoms with van der Waals surface area (Å²) in [5.41, 5.74) is 4.13. The molecule has 0 aromatic rings. The lowest BCUT2D eigenvalue weighted by molar-refractivity contribution is -0.123. The minimum absolute atomic E-state index is 0.329. The van der Waals surface area contributed by atoms with Crippen LogP contribution >= 0.6 is 0 Å². The first-order valence-corrected chi connectivity index (χ1v) is 9.56. The maximum atomic E-state index is 10.0. The molecule has 0 spiro atoms. The highest BCUT2D eigenvalue weighted by Gasteiger charge is 2.06. The number of carbonyl (C=O) groups is 2. The van der Waals surface area contributed by atoms with E-state index >= 15 is 0 Å². The van der Waals surface area contributed by atoms with Crippen molar-refractivity contribution in [2.45, 2.75) is 47.0 Å². The number of allylic oxidation sites excluding steroid dienone is 7. The Morgan fingerprint density at radius 2 is 1.52 bits per heavy atom. The van der Waals surface area contributed by atoms with E-state index in [0.29, 0.717) is 0 Å². The van der Waals surface area contributed by atoms with Gasteiger partial charge in [0.15, 0.2) is 0 Å². The van der Waals surface area contributed by atoms with Crippen molar-refractivity contribution < 1.29 is 27.1 Å². The molecule has 27 heavy (non-hydrogen) atoms. The highest BCUT2D eigenvalue weighted by Crippen LogP contribution is 2.08. The van der Waals surface area contributed by atoms with Crippen LogP contribution in [0.2, 0.25) is 0 Å². The summed E-state index contributed by atoms with van der Waals surface area (Å²) in [6.07, 6.45) is 14.4. The Morgan fingerprint density at radius 3 is 1.85 bits per heavy atom. The summed E-state index contributed by atoms with van der Waals surface area (Å²) in [5, 5.41) is 2.03. The highest BCUT2D eigenvalue weighted by atomic mass is 32.3. The molecule has 0 fully saturated rings. The Morgan fingerprint density at radius 1 is 1.04 bits per heavy atom. The zero-order valence-electron chi connectivity index (χ0n) is 16.2. The van der Waals surface area contributed by atoms with Crippen molar-refractivity contribution in [2.24, 2.45) is 0 Å². The van der Waals surface area contributed by atoms with Crippen LogP contribution in [0.15, 0.2) is 59.8 Å². The number of carbonyl (C=O) groups excluding carboxylic acids is 2. The Labute approximate surface area is 161 Å². The van der Waals surface area contributed by atoms with E-state index < -0.39 is 10.4 Å². The number of hydrogen-bond acceptors (Lipinski definition) is 4. The molecule has 0 unspecified atom stereocenters. The van der Waals surface area contributed by atoms with Gasteiger partial charge in [0.05, 0.1) is 0 Å². The third-order valence-electron chi connectivity index (χ3n) is 2.95. The van der Waals surface area contributed by atoms with E-state index in [1.807, 2.05) is 11.4 Å². The molecule has 1 heterocycles. The summed E-state index contributed by atoms with van der Waals surface area (Å²) >= 11 is 0. The fraction of sp³-hybridized carbons (Fsp3) is 0.368. The summed E-state index contributed by atoms with van der Waals surface area (Å²) in [6.45, 7) is 12.3. The van der Waals surface area contributed by atoms with Gasteiger partial charge in [0.2, 0.25) is 0 Å². The Hall–Kier alpha value is -2.29. The van der Waals surface area contributed by atoms with E-state index in [4.69, 9.17) is 17.5 Å². The maximum absolute atomic E-state index is 10.0. The third kappa shape index (κ3) is 26.1. The first kappa shape index (κ1) is 26.9. The summed E-state index contributed by atoms with van der Waals surface area (Å²) in [4.78, 5) is 20.1. The second-order valence-electron chi connectivity index (χ2n) is 5.89. The van der Waals surface area contributed by atoms with Gasteiger partial charge in [-0.15, -0.1) is 0 Å². The van der Waals surface area contributed by atoms with Crippen LogP contribution < -0.4 is 5.32 Å². The SMILES string of the molecule is C=C/C(C)=C/C/C=C(\C)CCC=C(C)C.O=C1C=CC(=O)N1.O=S(=O)(O)O. The number of imide groups is 1. The van der Waals surface area contributed by atoms with Crippen LogP contribution in [0, 0.1) is 0 Å². The second kappa shape index (κ2) is 14.8. The van der Waals surface area contributed by atoms with Crippen LogP contribution in [0.4, 0.5) is 0 Å². The zero-order valence-corrected chi connectivity index (χ0v) is 17.0. The molecule has 0 aromatic heterocycles. The zero-order chi connectivity index (χ0) is 21.5. The Bertz CT molecular complexity index is 699. The van der Waals surface area contributed by atoms with Crippen molar-refractivity contribution in [3.05, 3.63) is 59.8 Å². The van der Waals surface area contributed by atoms with E-state index in [9.17, 15) is 9.59 Å². The smallest absolute Gasteiger partial charge is 0.289 e. The molecule has 0 saturated heterocycles. The number of hydrogen-bond donors (Lipinski definition) is 3. The minimum atomic E-state index is -4.67. The average molecular weight is 400 g/mol. The number of nitrogens with one attached hydrogen (secondary N) is 1. The minimum Gasteiger partial charge on any atom is -0.289 e. The molecule has 1 aliphatic rings. The third-order valence-corrected chi connectivity index (χ3v) is 2.95. The van der Waals surface area contributed by atoms with Gasteiger partial charge in [-0.1, -0.05) is 47.6 Å². The van der Waals surface area contributed by atoms with E-state index in [2.05, 4.69) is 52.5 Å². The van der Waals surface area contributed by atoms with Crippen molar-refractivity contribution in [3.63, 3.8) is 0 Å². The summed E-state index contributed by atoms with van der Waals surface area (Å²) in [5.74, 6) is -0.657. The first-order valence-electron chi connectivity index (χ1n) is 8.16. The standard InChI is InChI=1S/C15H24.C4H3NO2.H2O4S/c1-6-14(4)10-8-12-15(5)11-7-9-13(2)3;6-3-1-2-4(7)5-3;1-5(2,3)4/h6,9-10,12H,1,7-8,11H2,2-5H3;1-2H,(H,5,6,7);(H2,1,2,3,4)/b14-10+,15-12+;;. The lowest BCUT2D eigenvalue weighted by atomic mass is 10.1. The Balaban J connectivity index is 0. The molecule has 1 aliphatic heterocycles. The lowest BCUT2D eigenvalue weighted by Gasteiger charge is -1.98. The van der Waals surface area contributed by atoms with Crippen molar-refractivity contribution in [3.8, 4) is 0 Å². The molecule has 7 nitrogen and oxygen atoms in total. The van der Waals surface area contributed by atoms with Crippen molar-refractivity contribution in [1.29, 1.82) is 0 Å². The molecule has 0 saturated carbocycles.